The Morgan fingerprint density at radius 1 is 1.64 bits per heavy atom. The van der Waals surface area contributed by atoms with E-state index in [-0.39, 0.29) is 10.7 Å². The third-order valence-corrected chi connectivity index (χ3v) is 1.69. The first-order valence-corrected chi connectivity index (χ1v) is 3.33. The first-order valence-electron chi connectivity index (χ1n) is 2.95. The lowest BCUT2D eigenvalue weighted by molar-refractivity contribution is -0.610. The van der Waals surface area contributed by atoms with Crippen LogP contribution in [0, 0.1) is 23.5 Å². The van der Waals surface area contributed by atoms with Gasteiger partial charge in [0, 0.05) is 13.0 Å². The minimum Gasteiger partial charge on any atom is -0.617 e. The third-order valence-electron chi connectivity index (χ3n) is 1.33. The Morgan fingerprint density at radius 2 is 2.27 bits per heavy atom. The number of rotatable bonds is 0. The van der Waals surface area contributed by atoms with E-state index < -0.39 is 0 Å². The normalized spacial score (nSPS) is 9.18. The first-order chi connectivity index (χ1) is 5.16. The average Bonchev–Trinajstić information content (AvgIpc) is 2.01. The van der Waals surface area contributed by atoms with Crippen LogP contribution in [0.3, 0.4) is 0 Å². The molecule has 3 nitrogen and oxygen atoms in total. The lowest BCUT2D eigenvalue weighted by atomic mass is 10.3. The Bertz CT molecular complexity index is 330. The monoisotopic (exact) mass is 168 g/mol. The Kier molecular flexibility index (Phi) is 1.97. The standard InChI is InChI=1S/C7H5ClN2O/c1-5-2-3-6(4-9)7(8)10(5)11/h2-3H,1H3. The van der Waals surface area contributed by atoms with Gasteiger partial charge in [-0.25, -0.2) is 0 Å². The van der Waals surface area contributed by atoms with Gasteiger partial charge < -0.3 is 5.21 Å². The summed E-state index contributed by atoms with van der Waals surface area (Å²) in [5, 5.41) is 19.4. The van der Waals surface area contributed by atoms with Gasteiger partial charge >= 0.3 is 5.15 Å². The van der Waals surface area contributed by atoms with Crippen LogP contribution in [-0.2, 0) is 0 Å². The van der Waals surface area contributed by atoms with Crippen molar-refractivity contribution in [3.63, 3.8) is 0 Å². The molecule has 0 unspecified atom stereocenters. The van der Waals surface area contributed by atoms with Crippen LogP contribution in [0.15, 0.2) is 12.1 Å². The van der Waals surface area contributed by atoms with Crippen molar-refractivity contribution in [1.29, 1.82) is 5.26 Å². The summed E-state index contributed by atoms with van der Waals surface area (Å²) >= 11 is 5.53. The topological polar surface area (TPSA) is 50.7 Å². The van der Waals surface area contributed by atoms with E-state index in [0.717, 1.165) is 0 Å². The number of pyridine rings is 1. The zero-order chi connectivity index (χ0) is 8.43. The quantitative estimate of drug-likeness (QED) is 0.332. The smallest absolute Gasteiger partial charge is 0.304 e. The molecule has 4 heteroatoms. The van der Waals surface area contributed by atoms with Crippen LogP contribution in [-0.4, -0.2) is 0 Å². The molecule has 0 aliphatic carbocycles. The minimum atomic E-state index is -0.0625. The van der Waals surface area contributed by atoms with Crippen molar-refractivity contribution in [3.8, 4) is 6.07 Å². The molecule has 0 fully saturated rings. The van der Waals surface area contributed by atoms with Crippen molar-refractivity contribution in [3.05, 3.63) is 33.8 Å². The number of aromatic nitrogens is 1. The maximum absolute atomic E-state index is 11.0. The molecule has 0 saturated heterocycles. The van der Waals surface area contributed by atoms with Crippen LogP contribution < -0.4 is 4.73 Å². The summed E-state index contributed by atoms with van der Waals surface area (Å²) in [4.78, 5) is 0. The molecule has 1 aromatic heterocycles. The second kappa shape index (κ2) is 2.77. The maximum atomic E-state index is 11.0. The average molecular weight is 169 g/mol. The van der Waals surface area contributed by atoms with Gasteiger partial charge in [-0.3, -0.25) is 0 Å². The number of hydrogen-bond donors (Lipinski definition) is 0. The van der Waals surface area contributed by atoms with Crippen molar-refractivity contribution in [1.82, 2.24) is 0 Å². The lowest BCUT2D eigenvalue weighted by Gasteiger charge is -2.01. The molecule has 0 N–H and O–H groups in total. The van der Waals surface area contributed by atoms with Gasteiger partial charge in [0.15, 0.2) is 5.69 Å². The summed E-state index contributed by atoms with van der Waals surface area (Å²) in [7, 11) is 0. The summed E-state index contributed by atoms with van der Waals surface area (Å²) in [5.74, 6) is 0. The van der Waals surface area contributed by atoms with E-state index in [9.17, 15) is 5.21 Å². The molecule has 0 aliphatic heterocycles. The summed E-state index contributed by atoms with van der Waals surface area (Å²) in [6.07, 6.45) is 0. The van der Waals surface area contributed by atoms with Crippen molar-refractivity contribution in [2.45, 2.75) is 6.92 Å². The number of hydrogen-bond acceptors (Lipinski definition) is 2. The highest BCUT2D eigenvalue weighted by atomic mass is 35.5. The van der Waals surface area contributed by atoms with Gasteiger partial charge in [-0.05, 0) is 17.7 Å². The molecule has 1 heterocycles. The van der Waals surface area contributed by atoms with Crippen LogP contribution in [0.2, 0.25) is 5.15 Å². The summed E-state index contributed by atoms with van der Waals surface area (Å²) < 4.78 is 0.528. The molecule has 0 bridgehead atoms. The predicted octanol–water partition coefficient (Wildman–Crippen LogP) is 1.15. The zero-order valence-corrected chi connectivity index (χ0v) is 6.59. The molecule has 1 rings (SSSR count). The van der Waals surface area contributed by atoms with Crippen LogP contribution in [0.1, 0.15) is 11.3 Å². The molecular formula is C7H5ClN2O. The number of halogens is 1. The number of nitriles is 1. The molecule has 0 atom stereocenters. The fourth-order valence-electron chi connectivity index (χ4n) is 0.688. The van der Waals surface area contributed by atoms with Gasteiger partial charge in [-0.15, -0.1) is 0 Å². The molecule has 0 spiro atoms. The van der Waals surface area contributed by atoms with Crippen molar-refractivity contribution >= 4 is 11.6 Å². The predicted molar refractivity (Wildman–Crippen MR) is 39.9 cm³/mol. The Balaban J connectivity index is 3.40. The maximum Gasteiger partial charge on any atom is 0.304 e. The Hall–Kier alpha value is -1.27. The molecule has 11 heavy (non-hydrogen) atoms. The molecule has 0 saturated carbocycles. The van der Waals surface area contributed by atoms with Crippen molar-refractivity contribution in [2.24, 2.45) is 0 Å². The first kappa shape index (κ1) is 7.83. The van der Waals surface area contributed by atoms with E-state index in [0.29, 0.717) is 10.4 Å². The van der Waals surface area contributed by atoms with E-state index in [2.05, 4.69) is 0 Å². The van der Waals surface area contributed by atoms with E-state index >= 15 is 0 Å². The summed E-state index contributed by atoms with van der Waals surface area (Å²) in [6, 6.07) is 4.88. The van der Waals surface area contributed by atoms with E-state index in [1.165, 1.54) is 6.07 Å². The second-order valence-electron chi connectivity index (χ2n) is 2.09. The number of aryl methyl sites for hydroxylation is 1. The van der Waals surface area contributed by atoms with Crippen LogP contribution >= 0.6 is 11.6 Å². The fraction of sp³-hybridized carbons (Fsp3) is 0.143. The molecule has 1 aromatic rings. The molecule has 0 radical (unpaired) electrons. The van der Waals surface area contributed by atoms with Gasteiger partial charge in [-0.2, -0.15) is 9.99 Å². The van der Waals surface area contributed by atoms with Gasteiger partial charge in [0.25, 0.3) is 0 Å². The fourth-order valence-corrected chi connectivity index (χ4v) is 0.927. The Labute approximate surface area is 69.0 Å². The zero-order valence-electron chi connectivity index (χ0n) is 5.84. The largest absolute Gasteiger partial charge is 0.617 e. The molecule has 0 aromatic carbocycles. The molecule has 56 valence electrons. The third kappa shape index (κ3) is 1.26. The van der Waals surface area contributed by atoms with Crippen molar-refractivity contribution < 1.29 is 4.73 Å². The highest BCUT2D eigenvalue weighted by Gasteiger charge is 2.10. The van der Waals surface area contributed by atoms with Gasteiger partial charge in [0.2, 0.25) is 0 Å². The summed E-state index contributed by atoms with van der Waals surface area (Å²) in [6.45, 7) is 1.63. The highest BCUT2D eigenvalue weighted by Crippen LogP contribution is 2.09. The van der Waals surface area contributed by atoms with Crippen LogP contribution in [0.4, 0.5) is 0 Å². The van der Waals surface area contributed by atoms with Gasteiger partial charge in [0.05, 0.1) is 0 Å². The second-order valence-corrected chi connectivity index (χ2v) is 2.44. The van der Waals surface area contributed by atoms with Crippen molar-refractivity contribution in [2.75, 3.05) is 0 Å². The van der Waals surface area contributed by atoms with Gasteiger partial charge in [-0.1, -0.05) is 0 Å². The van der Waals surface area contributed by atoms with E-state index in [1.54, 1.807) is 13.0 Å². The SMILES string of the molecule is Cc1ccc(C#N)c(Cl)[n+]1[O-]. The van der Waals surface area contributed by atoms with E-state index in [1.807, 2.05) is 6.07 Å². The highest BCUT2D eigenvalue weighted by molar-refractivity contribution is 6.29. The lowest BCUT2D eigenvalue weighted by Crippen LogP contribution is -2.31. The number of nitrogens with zero attached hydrogens (tertiary/aromatic N) is 2. The Morgan fingerprint density at radius 3 is 2.82 bits per heavy atom. The van der Waals surface area contributed by atoms with Crippen LogP contribution in [0.25, 0.3) is 0 Å². The molecule has 0 aliphatic rings. The minimum absolute atomic E-state index is 0.0625. The molecule has 0 amide bonds. The molecular weight excluding hydrogens is 164 g/mol. The summed E-state index contributed by atoms with van der Waals surface area (Å²) in [5.41, 5.74) is 0.682. The van der Waals surface area contributed by atoms with E-state index in [4.69, 9.17) is 16.9 Å². The van der Waals surface area contributed by atoms with Crippen LogP contribution in [0.5, 0.6) is 0 Å². The van der Waals surface area contributed by atoms with Gasteiger partial charge in [0.1, 0.15) is 11.6 Å².